The van der Waals surface area contributed by atoms with E-state index in [9.17, 15) is 19.3 Å². The highest BCUT2D eigenvalue weighted by Crippen LogP contribution is 2.29. The molecule has 0 spiro atoms. The lowest BCUT2D eigenvalue weighted by molar-refractivity contribution is -0.384. The number of halogens is 1. The first-order valence-corrected chi connectivity index (χ1v) is 7.48. The number of hydrogen-bond donors (Lipinski definition) is 1. The molecule has 0 saturated carbocycles. The minimum Gasteiger partial charge on any atom is -0.444 e. The number of rotatable bonds is 5. The second kappa shape index (κ2) is 7.43. The fraction of sp³-hybridized carbons (Fsp3) is 0.0588. The van der Waals surface area contributed by atoms with Crippen molar-refractivity contribution in [3.8, 4) is 5.69 Å². The molecule has 3 rings (SSSR count). The average molecular weight is 356 g/mol. The summed E-state index contributed by atoms with van der Waals surface area (Å²) in [4.78, 5) is 26.2. The number of nitrogens with zero attached hydrogens (tertiary/aromatic N) is 3. The third-order valence-electron chi connectivity index (χ3n) is 3.49. The van der Waals surface area contributed by atoms with Crippen molar-refractivity contribution in [2.24, 2.45) is 0 Å². The Morgan fingerprint density at radius 1 is 1.31 bits per heavy atom. The third-order valence-corrected chi connectivity index (χ3v) is 3.49. The summed E-state index contributed by atoms with van der Waals surface area (Å²) in [5, 5.41) is 13.4. The van der Waals surface area contributed by atoms with Crippen LogP contribution in [0.2, 0.25) is 0 Å². The molecular formula is C17H13FN4O4. The highest BCUT2D eigenvalue weighted by molar-refractivity contribution is 5.88. The van der Waals surface area contributed by atoms with Crippen molar-refractivity contribution >= 4 is 17.5 Å². The first kappa shape index (κ1) is 17.1. The normalized spacial score (nSPS) is 10.3. The quantitative estimate of drug-likeness (QED) is 0.555. The van der Waals surface area contributed by atoms with Gasteiger partial charge in [-0.3, -0.25) is 15.4 Å². The predicted molar refractivity (Wildman–Crippen MR) is 90.4 cm³/mol. The molecule has 0 saturated heterocycles. The first-order valence-electron chi connectivity index (χ1n) is 7.48. The van der Waals surface area contributed by atoms with Crippen LogP contribution in [0.5, 0.6) is 0 Å². The van der Waals surface area contributed by atoms with Crippen LogP contribution in [0.15, 0.2) is 61.2 Å². The van der Waals surface area contributed by atoms with Crippen LogP contribution in [0.3, 0.4) is 0 Å². The van der Waals surface area contributed by atoms with Crippen LogP contribution >= 0.6 is 0 Å². The number of ether oxygens (including phenoxy) is 1. The first-order chi connectivity index (χ1) is 12.5. The fourth-order valence-electron chi connectivity index (χ4n) is 2.27. The summed E-state index contributed by atoms with van der Waals surface area (Å²) in [7, 11) is 0. The Morgan fingerprint density at radius 3 is 2.73 bits per heavy atom. The number of aromatic nitrogens is 2. The Morgan fingerprint density at radius 2 is 2.08 bits per heavy atom. The van der Waals surface area contributed by atoms with Gasteiger partial charge in [-0.2, -0.15) is 0 Å². The molecule has 1 N–H and O–H groups in total. The molecule has 0 radical (unpaired) electrons. The van der Waals surface area contributed by atoms with Crippen LogP contribution in [0.1, 0.15) is 5.56 Å². The minimum absolute atomic E-state index is 0.00393. The standard InChI is InChI=1S/C17H13FN4O4/c18-13-8-16(22(24)25)14(9-15(13)21-7-6-19-11-21)20-17(23)26-10-12-4-2-1-3-5-12/h1-9,11H,10H2,(H,20,23). The van der Waals surface area contributed by atoms with E-state index in [-0.39, 0.29) is 18.0 Å². The number of benzene rings is 2. The highest BCUT2D eigenvalue weighted by atomic mass is 19.1. The predicted octanol–water partition coefficient (Wildman–Crippen LogP) is 3.67. The SMILES string of the molecule is O=C(Nc1cc(-n2ccnc2)c(F)cc1[N+](=O)[O-])OCc1ccccc1. The summed E-state index contributed by atoms with van der Waals surface area (Å²) in [6, 6.07) is 10.8. The van der Waals surface area contributed by atoms with Crippen LogP contribution in [0.4, 0.5) is 20.6 Å². The molecule has 132 valence electrons. The molecule has 0 bridgehead atoms. The summed E-state index contributed by atoms with van der Waals surface area (Å²) in [6.07, 6.45) is 3.35. The largest absolute Gasteiger partial charge is 0.444 e. The third kappa shape index (κ3) is 3.83. The number of nitro groups is 1. The zero-order valence-corrected chi connectivity index (χ0v) is 13.3. The van der Waals surface area contributed by atoms with E-state index >= 15 is 0 Å². The van der Waals surface area contributed by atoms with Crippen LogP contribution in [-0.2, 0) is 11.3 Å². The number of nitrogens with one attached hydrogen (secondary N) is 1. The number of carbonyl (C=O) groups is 1. The van der Waals surface area contributed by atoms with Gasteiger partial charge in [-0.25, -0.2) is 14.2 Å². The molecule has 0 aliphatic carbocycles. The Balaban J connectivity index is 1.82. The summed E-state index contributed by atoms with van der Waals surface area (Å²) in [5.74, 6) is -0.821. The molecule has 0 fully saturated rings. The van der Waals surface area contributed by atoms with Gasteiger partial charge in [-0.1, -0.05) is 30.3 Å². The Hall–Kier alpha value is -3.75. The van der Waals surface area contributed by atoms with Crippen molar-refractivity contribution in [2.45, 2.75) is 6.61 Å². The second-order valence-electron chi connectivity index (χ2n) is 5.23. The van der Waals surface area contributed by atoms with E-state index in [1.54, 1.807) is 24.3 Å². The van der Waals surface area contributed by atoms with Gasteiger partial charge >= 0.3 is 6.09 Å². The zero-order valence-electron chi connectivity index (χ0n) is 13.3. The van der Waals surface area contributed by atoms with Crippen molar-refractivity contribution in [3.05, 3.63) is 82.7 Å². The van der Waals surface area contributed by atoms with E-state index in [2.05, 4.69) is 10.3 Å². The Bertz CT molecular complexity index is 929. The van der Waals surface area contributed by atoms with Gasteiger partial charge < -0.3 is 9.30 Å². The van der Waals surface area contributed by atoms with Crippen molar-refractivity contribution < 1.29 is 18.8 Å². The molecule has 0 aliphatic heterocycles. The monoisotopic (exact) mass is 356 g/mol. The van der Waals surface area contributed by atoms with Gasteiger partial charge in [0.2, 0.25) is 0 Å². The number of imidazole rings is 1. The lowest BCUT2D eigenvalue weighted by Crippen LogP contribution is -2.15. The molecule has 1 aromatic heterocycles. The van der Waals surface area contributed by atoms with E-state index in [4.69, 9.17) is 4.74 Å². The topological polar surface area (TPSA) is 99.3 Å². The van der Waals surface area contributed by atoms with Crippen LogP contribution in [0.25, 0.3) is 5.69 Å². The lowest BCUT2D eigenvalue weighted by Gasteiger charge is -2.10. The van der Waals surface area contributed by atoms with Gasteiger partial charge in [0, 0.05) is 12.4 Å². The van der Waals surface area contributed by atoms with Crippen LogP contribution in [-0.4, -0.2) is 20.6 Å². The summed E-state index contributed by atoms with van der Waals surface area (Å²) in [6.45, 7) is -0.00393. The van der Waals surface area contributed by atoms with E-state index < -0.39 is 22.5 Å². The molecular weight excluding hydrogens is 343 g/mol. The highest BCUT2D eigenvalue weighted by Gasteiger charge is 2.21. The van der Waals surface area contributed by atoms with E-state index in [0.29, 0.717) is 0 Å². The number of amides is 1. The molecule has 0 atom stereocenters. The number of carbonyl (C=O) groups excluding carboxylic acids is 1. The average Bonchev–Trinajstić information content (AvgIpc) is 3.16. The summed E-state index contributed by atoms with van der Waals surface area (Å²) < 4.78 is 20.5. The van der Waals surface area contributed by atoms with E-state index in [1.165, 1.54) is 23.3 Å². The maximum atomic E-state index is 14.2. The van der Waals surface area contributed by atoms with Gasteiger partial charge in [-0.15, -0.1) is 0 Å². The lowest BCUT2D eigenvalue weighted by atomic mass is 10.2. The van der Waals surface area contributed by atoms with Crippen LogP contribution < -0.4 is 5.32 Å². The van der Waals surface area contributed by atoms with Crippen molar-refractivity contribution in [2.75, 3.05) is 5.32 Å². The molecule has 0 aliphatic rings. The number of hydrogen-bond acceptors (Lipinski definition) is 5. The van der Waals surface area contributed by atoms with Crippen molar-refractivity contribution in [1.82, 2.24) is 9.55 Å². The molecule has 2 aromatic carbocycles. The fourth-order valence-corrected chi connectivity index (χ4v) is 2.27. The second-order valence-corrected chi connectivity index (χ2v) is 5.23. The molecule has 26 heavy (non-hydrogen) atoms. The van der Waals surface area contributed by atoms with Gasteiger partial charge in [0.1, 0.15) is 12.3 Å². The zero-order chi connectivity index (χ0) is 18.5. The summed E-state index contributed by atoms with van der Waals surface area (Å²) in [5.41, 5.74) is 0.00279. The molecule has 0 unspecified atom stereocenters. The van der Waals surface area contributed by atoms with E-state index in [1.807, 2.05) is 6.07 Å². The molecule has 1 heterocycles. The number of anilines is 1. The molecule has 1 amide bonds. The Kier molecular flexibility index (Phi) is 4.88. The van der Waals surface area contributed by atoms with Gasteiger partial charge in [0.05, 0.1) is 23.0 Å². The van der Waals surface area contributed by atoms with Crippen LogP contribution in [0, 0.1) is 15.9 Å². The van der Waals surface area contributed by atoms with Gasteiger partial charge in [0.25, 0.3) is 5.69 Å². The number of nitro benzene ring substituents is 1. The van der Waals surface area contributed by atoms with Gasteiger partial charge in [-0.05, 0) is 11.6 Å². The minimum atomic E-state index is -0.889. The maximum absolute atomic E-state index is 14.2. The summed E-state index contributed by atoms with van der Waals surface area (Å²) >= 11 is 0. The van der Waals surface area contributed by atoms with Gasteiger partial charge in [0.15, 0.2) is 5.82 Å². The Labute approximate surface area is 147 Å². The molecule has 3 aromatic rings. The van der Waals surface area contributed by atoms with Crippen molar-refractivity contribution in [3.63, 3.8) is 0 Å². The van der Waals surface area contributed by atoms with E-state index in [0.717, 1.165) is 17.7 Å². The molecule has 9 heteroatoms. The smallest absolute Gasteiger partial charge is 0.412 e. The molecule has 8 nitrogen and oxygen atoms in total. The van der Waals surface area contributed by atoms with Crippen molar-refractivity contribution in [1.29, 1.82) is 0 Å². The maximum Gasteiger partial charge on any atom is 0.412 e.